The zero-order chi connectivity index (χ0) is 17.5. The van der Waals surface area contributed by atoms with Crippen molar-refractivity contribution in [3.8, 4) is 11.5 Å². The highest BCUT2D eigenvalue weighted by Crippen LogP contribution is 2.37. The highest BCUT2D eigenvalue weighted by Gasteiger charge is 2.52. The third-order valence-corrected chi connectivity index (χ3v) is 4.60. The Bertz CT molecular complexity index is 754. The summed E-state index contributed by atoms with van der Waals surface area (Å²) < 4.78 is 31.9. The van der Waals surface area contributed by atoms with E-state index in [1.807, 2.05) is 45.9 Å². The number of hydrogen-bond acceptors (Lipinski definition) is 4. The van der Waals surface area contributed by atoms with E-state index in [4.69, 9.17) is 19.8 Å². The molecule has 1 fully saturated rings. The summed E-state index contributed by atoms with van der Waals surface area (Å²) in [6, 6.07) is 11.6. The topological polar surface area (TPSA) is 53.7 Å². The molecule has 25 heavy (non-hydrogen) atoms. The third kappa shape index (κ3) is 3.76. The fraction of sp³-hybridized carbons (Fsp3) is 0.333. The van der Waals surface area contributed by atoms with Crippen molar-refractivity contribution in [3.63, 3.8) is 0 Å². The predicted octanol–water partition coefficient (Wildman–Crippen LogP) is 3.92. The maximum Gasteiger partial charge on any atom is 0.498 e. The minimum Gasteiger partial charge on any atom is -0.455 e. The van der Waals surface area contributed by atoms with Gasteiger partial charge in [0.15, 0.2) is 11.6 Å². The molecular weight excluding hydrogens is 343 g/mol. The Hall–Kier alpha value is -1.76. The van der Waals surface area contributed by atoms with Gasteiger partial charge in [-0.25, -0.2) is 4.39 Å². The van der Waals surface area contributed by atoms with Gasteiger partial charge in [0.2, 0.25) is 0 Å². The minimum atomic E-state index is -0.581. The first-order chi connectivity index (χ1) is 11.2. The second kappa shape index (κ2) is 6.86. The van der Waals surface area contributed by atoms with Crippen LogP contribution in [-0.2, 0) is 9.31 Å². The van der Waals surface area contributed by atoms with Crippen LogP contribution in [0.3, 0.4) is 0 Å². The number of nitrogens with two attached hydrogens (primary N) is 1. The summed E-state index contributed by atoms with van der Waals surface area (Å²) in [7, 11) is -0.581. The number of para-hydroxylation sites is 1. The van der Waals surface area contributed by atoms with Crippen LogP contribution in [0, 0.1) is 5.82 Å². The number of benzene rings is 2. The molecule has 0 radical (unpaired) electrons. The van der Waals surface area contributed by atoms with Crippen molar-refractivity contribution >= 4 is 30.7 Å². The summed E-state index contributed by atoms with van der Waals surface area (Å²) in [6.07, 6.45) is 0. The maximum absolute atomic E-state index is 14.0. The molecule has 0 saturated carbocycles. The van der Waals surface area contributed by atoms with Crippen LogP contribution in [0.5, 0.6) is 11.5 Å². The summed E-state index contributed by atoms with van der Waals surface area (Å²) in [5.41, 5.74) is 5.71. The molecule has 2 aromatic carbocycles. The molecule has 0 unspecified atom stereocenters. The number of nitrogen functional groups attached to an aromatic ring is 1. The smallest absolute Gasteiger partial charge is 0.455 e. The molecule has 7 heteroatoms. The Kier molecular flexibility index (Phi) is 5.37. The molecule has 4 nitrogen and oxygen atoms in total. The van der Waals surface area contributed by atoms with Crippen molar-refractivity contribution in [2.24, 2.45) is 0 Å². The summed E-state index contributed by atoms with van der Waals surface area (Å²) in [5, 5.41) is 0. The summed E-state index contributed by atoms with van der Waals surface area (Å²) in [5.74, 6) is 0.0755. The fourth-order valence-electron chi connectivity index (χ4n) is 2.46. The van der Waals surface area contributed by atoms with E-state index in [2.05, 4.69) is 0 Å². The second-order valence-corrected chi connectivity index (χ2v) is 6.92. The lowest BCUT2D eigenvalue weighted by Crippen LogP contribution is -2.41. The van der Waals surface area contributed by atoms with Crippen LogP contribution >= 0.6 is 12.4 Å². The van der Waals surface area contributed by atoms with Crippen LogP contribution < -0.4 is 15.9 Å². The van der Waals surface area contributed by atoms with Crippen molar-refractivity contribution in [3.05, 3.63) is 48.3 Å². The zero-order valence-corrected chi connectivity index (χ0v) is 15.5. The van der Waals surface area contributed by atoms with Crippen LogP contribution in [0.4, 0.5) is 10.1 Å². The highest BCUT2D eigenvalue weighted by molar-refractivity contribution is 6.63. The Balaban J connectivity index is 0.00000225. The first kappa shape index (κ1) is 19.6. The fourth-order valence-corrected chi connectivity index (χ4v) is 2.46. The van der Waals surface area contributed by atoms with Crippen LogP contribution in [0.2, 0.25) is 0 Å². The van der Waals surface area contributed by atoms with E-state index in [1.54, 1.807) is 12.1 Å². The number of hydrogen-bond donors (Lipinski definition) is 1. The van der Waals surface area contributed by atoms with Gasteiger partial charge in [-0.3, -0.25) is 0 Å². The number of anilines is 1. The largest absolute Gasteiger partial charge is 0.498 e. The molecule has 2 aromatic rings. The zero-order valence-electron chi connectivity index (χ0n) is 14.7. The van der Waals surface area contributed by atoms with Crippen molar-refractivity contribution in [1.82, 2.24) is 0 Å². The molecule has 0 amide bonds. The second-order valence-electron chi connectivity index (χ2n) is 6.92. The first-order valence-corrected chi connectivity index (χ1v) is 7.87. The van der Waals surface area contributed by atoms with Crippen molar-refractivity contribution < 1.29 is 18.4 Å². The standard InChI is InChI=1S/C18H21BFNO3.ClH/c1-17(2)18(3,4)24-19(23-17)13-7-5-6-8-15(13)22-16-10-9-12(21)11-14(16)20;/h5-11H,21H2,1-4H3;1H. The normalized spacial score (nSPS) is 17.9. The molecule has 1 saturated heterocycles. The number of ether oxygens (including phenoxy) is 1. The summed E-state index contributed by atoms with van der Waals surface area (Å²) in [4.78, 5) is 0. The molecule has 3 rings (SSSR count). The van der Waals surface area contributed by atoms with E-state index in [0.29, 0.717) is 16.9 Å². The molecular formula is C18H22BClFNO3. The van der Waals surface area contributed by atoms with Crippen LogP contribution in [0.25, 0.3) is 0 Å². The molecule has 134 valence electrons. The first-order valence-electron chi connectivity index (χ1n) is 7.87. The van der Waals surface area contributed by atoms with E-state index in [1.165, 1.54) is 12.1 Å². The summed E-state index contributed by atoms with van der Waals surface area (Å²) >= 11 is 0. The Morgan fingerprint density at radius 1 is 0.960 bits per heavy atom. The molecule has 0 aliphatic carbocycles. The van der Waals surface area contributed by atoms with Crippen molar-refractivity contribution in [1.29, 1.82) is 0 Å². The molecule has 1 aliphatic rings. The molecule has 0 aromatic heterocycles. The Labute approximate surface area is 154 Å². The quantitative estimate of drug-likeness (QED) is 0.661. The Morgan fingerprint density at radius 2 is 1.56 bits per heavy atom. The number of rotatable bonds is 3. The minimum absolute atomic E-state index is 0. The highest BCUT2D eigenvalue weighted by atomic mass is 35.5. The summed E-state index contributed by atoms with van der Waals surface area (Å²) in [6.45, 7) is 7.93. The van der Waals surface area contributed by atoms with E-state index in [0.717, 1.165) is 0 Å². The van der Waals surface area contributed by atoms with Gasteiger partial charge in [0.05, 0.1) is 11.2 Å². The monoisotopic (exact) mass is 365 g/mol. The van der Waals surface area contributed by atoms with Crippen molar-refractivity contribution in [2.45, 2.75) is 38.9 Å². The lowest BCUT2D eigenvalue weighted by atomic mass is 9.78. The molecule has 2 N–H and O–H groups in total. The van der Waals surface area contributed by atoms with Gasteiger partial charge in [0.25, 0.3) is 0 Å². The maximum atomic E-state index is 14.0. The Morgan fingerprint density at radius 3 is 2.16 bits per heavy atom. The van der Waals surface area contributed by atoms with Gasteiger partial charge in [0, 0.05) is 17.2 Å². The molecule has 0 spiro atoms. The predicted molar refractivity (Wildman–Crippen MR) is 100 cm³/mol. The van der Waals surface area contributed by atoms with Crippen LogP contribution in [0.1, 0.15) is 27.7 Å². The van der Waals surface area contributed by atoms with Gasteiger partial charge in [-0.1, -0.05) is 18.2 Å². The van der Waals surface area contributed by atoms with Crippen molar-refractivity contribution in [2.75, 3.05) is 5.73 Å². The average Bonchev–Trinajstić information content (AvgIpc) is 2.71. The van der Waals surface area contributed by atoms with E-state index in [-0.39, 0.29) is 18.2 Å². The van der Waals surface area contributed by atoms with Gasteiger partial charge in [0.1, 0.15) is 5.75 Å². The molecule has 1 heterocycles. The molecule has 0 bridgehead atoms. The van der Waals surface area contributed by atoms with E-state index in [9.17, 15) is 4.39 Å². The lowest BCUT2D eigenvalue weighted by Gasteiger charge is -2.32. The molecule has 0 atom stereocenters. The lowest BCUT2D eigenvalue weighted by molar-refractivity contribution is 0.00578. The van der Waals surface area contributed by atoms with Gasteiger partial charge in [-0.05, 0) is 45.9 Å². The van der Waals surface area contributed by atoms with Gasteiger partial charge >= 0.3 is 7.12 Å². The van der Waals surface area contributed by atoms with Crippen LogP contribution in [0.15, 0.2) is 42.5 Å². The molecule has 1 aliphatic heterocycles. The SMILES string of the molecule is CC1(C)OB(c2ccccc2Oc2ccc(N)cc2F)OC1(C)C.Cl. The average molecular weight is 366 g/mol. The third-order valence-electron chi connectivity index (χ3n) is 4.60. The van der Waals surface area contributed by atoms with Gasteiger partial charge in [-0.15, -0.1) is 12.4 Å². The van der Waals surface area contributed by atoms with Gasteiger partial charge < -0.3 is 19.8 Å². The van der Waals surface area contributed by atoms with E-state index < -0.39 is 24.1 Å². The van der Waals surface area contributed by atoms with Gasteiger partial charge in [-0.2, -0.15) is 0 Å². The van der Waals surface area contributed by atoms with E-state index >= 15 is 0 Å². The van der Waals surface area contributed by atoms with Crippen LogP contribution in [-0.4, -0.2) is 18.3 Å². The number of halogens is 2.